The van der Waals surface area contributed by atoms with E-state index in [1.807, 2.05) is 36.4 Å². The third kappa shape index (κ3) is 3.95. The van der Waals surface area contributed by atoms with Crippen LogP contribution in [0.3, 0.4) is 0 Å². The van der Waals surface area contributed by atoms with E-state index in [1.54, 1.807) is 56.7 Å². The first-order valence-electron chi connectivity index (χ1n) is 11.2. The van der Waals surface area contributed by atoms with Crippen molar-refractivity contribution < 1.29 is 23.7 Å². The number of esters is 1. The number of carbonyl (C=O) groups excluding carboxylic acids is 1. The Bertz CT molecular complexity index is 1560. The molecule has 0 fully saturated rings. The molecule has 1 atom stereocenters. The average Bonchev–Trinajstić information content (AvgIpc) is 2.91. The van der Waals surface area contributed by atoms with E-state index < -0.39 is 11.9 Å². The number of rotatable bonds is 5. The fourth-order valence-corrected chi connectivity index (χ4v) is 4.45. The van der Waals surface area contributed by atoms with E-state index in [4.69, 9.17) is 24.7 Å². The van der Waals surface area contributed by atoms with Crippen LogP contribution in [0, 0.1) is 11.3 Å². The average molecular weight is 479 g/mol. The molecule has 4 aromatic rings. The molecule has 1 aliphatic rings. The summed E-state index contributed by atoms with van der Waals surface area (Å²) in [5, 5.41) is 11.6. The van der Waals surface area contributed by atoms with E-state index in [-0.39, 0.29) is 17.2 Å². The Morgan fingerprint density at radius 2 is 1.69 bits per heavy atom. The summed E-state index contributed by atoms with van der Waals surface area (Å²) in [5.74, 6) is 0.760. The van der Waals surface area contributed by atoms with Gasteiger partial charge in [0.25, 0.3) is 0 Å². The van der Waals surface area contributed by atoms with Gasteiger partial charge in [-0.1, -0.05) is 42.5 Å². The molecule has 4 aromatic carbocycles. The molecule has 1 unspecified atom stereocenters. The Balaban J connectivity index is 1.54. The summed E-state index contributed by atoms with van der Waals surface area (Å²) in [7, 11) is 3.12. The Morgan fingerprint density at radius 1 is 0.917 bits per heavy atom. The van der Waals surface area contributed by atoms with E-state index in [9.17, 15) is 10.1 Å². The van der Waals surface area contributed by atoms with Gasteiger partial charge >= 0.3 is 5.97 Å². The second-order valence-corrected chi connectivity index (χ2v) is 8.15. The smallest absolute Gasteiger partial charge is 0.344 e. The van der Waals surface area contributed by atoms with E-state index in [2.05, 4.69) is 6.07 Å². The van der Waals surface area contributed by atoms with E-state index in [0.717, 1.165) is 10.8 Å². The molecule has 36 heavy (non-hydrogen) atoms. The van der Waals surface area contributed by atoms with Crippen LogP contribution < -0.4 is 24.7 Å². The molecule has 178 valence electrons. The molecular formula is C29H22N2O5. The van der Waals surface area contributed by atoms with E-state index >= 15 is 0 Å². The number of hydrogen-bond acceptors (Lipinski definition) is 7. The first-order chi connectivity index (χ1) is 17.5. The Kier molecular flexibility index (Phi) is 5.93. The summed E-state index contributed by atoms with van der Waals surface area (Å²) < 4.78 is 22.4. The van der Waals surface area contributed by atoms with Crippen LogP contribution in [0.1, 0.15) is 27.4 Å². The van der Waals surface area contributed by atoms with Gasteiger partial charge in [-0.05, 0) is 41.1 Å². The van der Waals surface area contributed by atoms with Crippen molar-refractivity contribution in [3.05, 3.63) is 107 Å². The predicted octanol–water partition coefficient (Wildman–Crippen LogP) is 5.29. The number of nitrogens with two attached hydrogens (primary N) is 1. The molecule has 0 spiro atoms. The second kappa shape index (κ2) is 9.35. The largest absolute Gasteiger partial charge is 0.497 e. The van der Waals surface area contributed by atoms with Crippen molar-refractivity contribution in [1.29, 1.82) is 5.26 Å². The van der Waals surface area contributed by atoms with Gasteiger partial charge in [0.15, 0.2) is 0 Å². The summed E-state index contributed by atoms with van der Waals surface area (Å²) in [4.78, 5) is 13.0. The van der Waals surface area contributed by atoms with Gasteiger partial charge in [-0.2, -0.15) is 5.26 Å². The monoisotopic (exact) mass is 478 g/mol. The van der Waals surface area contributed by atoms with Crippen molar-refractivity contribution in [2.75, 3.05) is 14.2 Å². The van der Waals surface area contributed by atoms with Crippen molar-refractivity contribution in [3.63, 3.8) is 0 Å². The SMILES string of the molecule is COc1ccc(OC)c(C2C(C#N)=C(N)Oc3cc(OC(=O)c4cccc5ccccc45)ccc32)c1. The standard InChI is InChI=1S/C29H22N2O5/c1-33-18-11-13-25(34-2)23(14-18)27-22-12-10-19(15-26(22)36-28(31)24(27)16-30)35-29(32)21-9-5-7-17-6-3-4-8-20(17)21/h3-15,27H,31H2,1-2H3. The third-order valence-corrected chi connectivity index (χ3v) is 6.16. The number of benzene rings is 4. The minimum absolute atomic E-state index is 0.0302. The number of nitrogens with zero attached hydrogens (tertiary/aromatic N) is 1. The summed E-state index contributed by atoms with van der Waals surface area (Å²) in [6, 6.07) is 25.6. The summed E-state index contributed by atoms with van der Waals surface area (Å²) in [5.41, 5.74) is 8.23. The fraction of sp³-hybridized carbons (Fsp3) is 0.103. The molecule has 0 aliphatic carbocycles. The van der Waals surface area contributed by atoms with Crippen LogP contribution >= 0.6 is 0 Å². The van der Waals surface area contributed by atoms with Gasteiger partial charge in [-0.3, -0.25) is 0 Å². The van der Waals surface area contributed by atoms with Crippen LogP contribution in [0.4, 0.5) is 0 Å². The van der Waals surface area contributed by atoms with Gasteiger partial charge < -0.3 is 24.7 Å². The molecule has 0 aromatic heterocycles. The molecule has 1 aliphatic heterocycles. The first-order valence-corrected chi connectivity index (χ1v) is 11.2. The maximum absolute atomic E-state index is 13.0. The highest BCUT2D eigenvalue weighted by atomic mass is 16.5. The van der Waals surface area contributed by atoms with Crippen molar-refractivity contribution in [3.8, 4) is 29.1 Å². The molecule has 0 saturated heterocycles. The van der Waals surface area contributed by atoms with Gasteiger partial charge in [0.1, 0.15) is 34.6 Å². The highest BCUT2D eigenvalue weighted by Gasteiger charge is 2.33. The first kappa shape index (κ1) is 22.8. The van der Waals surface area contributed by atoms with Crippen molar-refractivity contribution >= 4 is 16.7 Å². The Hall–Kier alpha value is -4.96. The minimum atomic E-state index is -0.563. The number of allylic oxidation sites excluding steroid dienone is 1. The maximum Gasteiger partial charge on any atom is 0.344 e. The van der Waals surface area contributed by atoms with Gasteiger partial charge in [0.2, 0.25) is 5.88 Å². The van der Waals surface area contributed by atoms with Crippen LogP contribution in [0.25, 0.3) is 10.8 Å². The molecule has 7 heteroatoms. The molecule has 0 amide bonds. The van der Waals surface area contributed by atoms with Crippen LogP contribution in [0.5, 0.6) is 23.0 Å². The molecule has 7 nitrogen and oxygen atoms in total. The van der Waals surface area contributed by atoms with Gasteiger partial charge in [0, 0.05) is 17.2 Å². The molecule has 0 bridgehead atoms. The van der Waals surface area contributed by atoms with Crippen LogP contribution in [0.2, 0.25) is 0 Å². The number of nitriles is 1. The van der Waals surface area contributed by atoms with Crippen LogP contribution in [0.15, 0.2) is 90.3 Å². The summed E-state index contributed by atoms with van der Waals surface area (Å²) in [6.45, 7) is 0. The summed E-state index contributed by atoms with van der Waals surface area (Å²) in [6.07, 6.45) is 0. The lowest BCUT2D eigenvalue weighted by Crippen LogP contribution is -2.21. The lowest BCUT2D eigenvalue weighted by Gasteiger charge is -2.28. The number of carbonyl (C=O) groups is 1. The highest BCUT2D eigenvalue weighted by Crippen LogP contribution is 2.46. The molecule has 5 rings (SSSR count). The Morgan fingerprint density at radius 3 is 2.47 bits per heavy atom. The highest BCUT2D eigenvalue weighted by molar-refractivity contribution is 6.05. The van der Waals surface area contributed by atoms with E-state index in [1.165, 1.54) is 0 Å². The zero-order valence-corrected chi connectivity index (χ0v) is 19.6. The molecular weight excluding hydrogens is 456 g/mol. The van der Waals surface area contributed by atoms with Crippen LogP contribution in [-0.2, 0) is 0 Å². The Labute approximate surface area is 207 Å². The van der Waals surface area contributed by atoms with Crippen molar-refractivity contribution in [2.45, 2.75) is 5.92 Å². The second-order valence-electron chi connectivity index (χ2n) is 8.15. The topological polar surface area (TPSA) is 104 Å². The molecule has 1 heterocycles. The summed E-state index contributed by atoms with van der Waals surface area (Å²) >= 11 is 0. The number of hydrogen-bond donors (Lipinski definition) is 1. The van der Waals surface area contributed by atoms with Gasteiger partial charge in [-0.25, -0.2) is 4.79 Å². The third-order valence-electron chi connectivity index (χ3n) is 6.16. The fourth-order valence-electron chi connectivity index (χ4n) is 4.45. The molecule has 2 N–H and O–H groups in total. The molecule has 0 saturated carbocycles. The lowest BCUT2D eigenvalue weighted by molar-refractivity contribution is 0.0736. The van der Waals surface area contributed by atoms with Crippen LogP contribution in [-0.4, -0.2) is 20.2 Å². The quantitative estimate of drug-likeness (QED) is 0.307. The zero-order valence-electron chi connectivity index (χ0n) is 19.6. The normalized spacial score (nSPS) is 14.4. The maximum atomic E-state index is 13.0. The van der Waals surface area contributed by atoms with Crippen molar-refractivity contribution in [1.82, 2.24) is 0 Å². The molecule has 0 radical (unpaired) electrons. The van der Waals surface area contributed by atoms with Crippen molar-refractivity contribution in [2.24, 2.45) is 5.73 Å². The predicted molar refractivity (Wildman–Crippen MR) is 134 cm³/mol. The number of ether oxygens (including phenoxy) is 4. The minimum Gasteiger partial charge on any atom is -0.497 e. The number of fused-ring (bicyclic) bond motifs is 2. The van der Waals surface area contributed by atoms with Gasteiger partial charge in [-0.15, -0.1) is 0 Å². The zero-order chi connectivity index (χ0) is 25.2. The lowest BCUT2D eigenvalue weighted by atomic mass is 9.83. The van der Waals surface area contributed by atoms with Gasteiger partial charge in [0.05, 0.1) is 25.7 Å². The van der Waals surface area contributed by atoms with E-state index in [0.29, 0.717) is 33.9 Å². The number of methoxy groups -OCH3 is 2.